The normalized spacial score (nSPS) is 17.8. The number of carbonyl (C=O) groups is 1. The van der Waals surface area contributed by atoms with Crippen molar-refractivity contribution in [2.75, 3.05) is 62.2 Å². The molecule has 2 aromatic rings. The number of amides is 2. The second-order valence-electron chi connectivity index (χ2n) is 6.99. The Morgan fingerprint density at radius 3 is 1.93 bits per heavy atom. The molecule has 1 aromatic carbocycles. The Balaban J connectivity index is 1.31. The molecule has 2 amide bonds. The van der Waals surface area contributed by atoms with Gasteiger partial charge in [-0.3, -0.25) is 0 Å². The molecule has 2 fully saturated rings. The van der Waals surface area contributed by atoms with Crippen molar-refractivity contribution >= 4 is 40.7 Å². The zero-order valence-corrected chi connectivity index (χ0v) is 17.1. The minimum absolute atomic E-state index is 0.116. The molecule has 0 bridgehead atoms. The molecular formula is C20H23Cl2N5O. The molecule has 28 heavy (non-hydrogen) atoms. The Morgan fingerprint density at radius 2 is 1.32 bits per heavy atom. The maximum atomic E-state index is 12.9. The average Bonchev–Trinajstić information content (AvgIpc) is 2.74. The molecule has 6 nitrogen and oxygen atoms in total. The lowest BCUT2D eigenvalue weighted by Gasteiger charge is -2.41. The van der Waals surface area contributed by atoms with Crippen molar-refractivity contribution in [2.24, 2.45) is 0 Å². The zero-order chi connectivity index (χ0) is 19.5. The van der Waals surface area contributed by atoms with Gasteiger partial charge < -0.3 is 19.6 Å². The second-order valence-corrected chi connectivity index (χ2v) is 7.81. The van der Waals surface area contributed by atoms with Gasteiger partial charge in [0.25, 0.3) is 0 Å². The predicted octanol–water partition coefficient (Wildman–Crippen LogP) is 3.45. The Morgan fingerprint density at radius 1 is 0.750 bits per heavy atom. The molecule has 148 valence electrons. The van der Waals surface area contributed by atoms with E-state index in [9.17, 15) is 4.79 Å². The molecule has 0 N–H and O–H groups in total. The zero-order valence-electron chi connectivity index (χ0n) is 15.6. The fraction of sp³-hybridized carbons (Fsp3) is 0.400. The first-order valence-corrected chi connectivity index (χ1v) is 10.3. The van der Waals surface area contributed by atoms with Crippen LogP contribution in [0, 0.1) is 0 Å². The highest BCUT2D eigenvalue weighted by molar-refractivity contribution is 6.33. The smallest absolute Gasteiger partial charge is 0.320 e. The van der Waals surface area contributed by atoms with Gasteiger partial charge in [-0.2, -0.15) is 0 Å². The maximum Gasteiger partial charge on any atom is 0.320 e. The van der Waals surface area contributed by atoms with Crippen LogP contribution in [0.3, 0.4) is 0 Å². The van der Waals surface area contributed by atoms with Crippen LogP contribution in [0.25, 0.3) is 0 Å². The number of halogens is 2. The number of anilines is 2. The summed E-state index contributed by atoms with van der Waals surface area (Å²) in [5, 5.41) is 1.41. The van der Waals surface area contributed by atoms with Gasteiger partial charge in [0, 0.05) is 58.6 Å². The molecule has 0 aliphatic carbocycles. The van der Waals surface area contributed by atoms with E-state index in [1.807, 2.05) is 46.2 Å². The average molecular weight is 420 g/mol. The molecule has 0 unspecified atom stereocenters. The molecule has 2 aliphatic heterocycles. The third-order valence-corrected chi connectivity index (χ3v) is 5.95. The van der Waals surface area contributed by atoms with Crippen LogP contribution in [0.1, 0.15) is 0 Å². The first-order chi connectivity index (χ1) is 13.6. The monoisotopic (exact) mass is 419 g/mol. The summed E-state index contributed by atoms with van der Waals surface area (Å²) >= 11 is 12.6. The molecule has 8 heteroatoms. The fourth-order valence-electron chi connectivity index (χ4n) is 3.77. The van der Waals surface area contributed by atoms with Gasteiger partial charge in [0.2, 0.25) is 0 Å². The van der Waals surface area contributed by atoms with Crippen LogP contribution in [-0.2, 0) is 0 Å². The third-order valence-electron chi connectivity index (χ3n) is 5.33. The highest BCUT2D eigenvalue weighted by atomic mass is 35.5. The molecule has 1 aromatic heterocycles. The summed E-state index contributed by atoms with van der Waals surface area (Å²) in [5.41, 5.74) is 1.04. The van der Waals surface area contributed by atoms with Gasteiger partial charge in [0.1, 0.15) is 5.82 Å². The first kappa shape index (κ1) is 19.2. The lowest BCUT2D eigenvalue weighted by Crippen LogP contribution is -2.57. The Hall–Kier alpha value is -2.18. The molecule has 4 rings (SSSR count). The molecule has 3 heterocycles. The van der Waals surface area contributed by atoms with Crippen molar-refractivity contribution in [3.63, 3.8) is 0 Å². The number of urea groups is 1. The van der Waals surface area contributed by atoms with Gasteiger partial charge in [-0.05, 0) is 24.3 Å². The molecule has 0 atom stereocenters. The largest absolute Gasteiger partial charge is 0.367 e. The fourth-order valence-corrected chi connectivity index (χ4v) is 4.26. The summed E-state index contributed by atoms with van der Waals surface area (Å²) in [6.45, 7) is 5.82. The van der Waals surface area contributed by atoms with E-state index < -0.39 is 0 Å². The summed E-state index contributed by atoms with van der Waals surface area (Å²) in [4.78, 5) is 25.5. The number of aromatic nitrogens is 1. The Kier molecular flexibility index (Phi) is 5.78. The number of benzene rings is 1. The van der Waals surface area contributed by atoms with Crippen LogP contribution < -0.4 is 9.80 Å². The third kappa shape index (κ3) is 3.98. The number of para-hydroxylation sites is 1. The standard InChI is InChI=1S/C20H23Cl2N5O/c21-16-4-1-2-6-18(16)24-8-12-26(13-9-24)20(28)27-14-10-25(11-15-27)19-17(22)5-3-7-23-19/h1-7H,8-15H2. The minimum atomic E-state index is 0.116. The van der Waals surface area contributed by atoms with E-state index in [2.05, 4.69) is 14.8 Å². The van der Waals surface area contributed by atoms with Crippen LogP contribution in [0.4, 0.5) is 16.3 Å². The van der Waals surface area contributed by atoms with Crippen molar-refractivity contribution in [1.29, 1.82) is 0 Å². The van der Waals surface area contributed by atoms with Gasteiger partial charge in [-0.15, -0.1) is 0 Å². The van der Waals surface area contributed by atoms with E-state index >= 15 is 0 Å². The second kappa shape index (κ2) is 8.45. The van der Waals surface area contributed by atoms with Crippen molar-refractivity contribution in [3.05, 3.63) is 52.6 Å². The lowest BCUT2D eigenvalue weighted by atomic mass is 10.2. The van der Waals surface area contributed by atoms with Gasteiger partial charge in [0.05, 0.1) is 15.7 Å². The number of piperazine rings is 2. The number of hydrogen-bond donors (Lipinski definition) is 0. The molecule has 0 radical (unpaired) electrons. The van der Waals surface area contributed by atoms with E-state index in [0.29, 0.717) is 31.2 Å². The van der Waals surface area contributed by atoms with Gasteiger partial charge >= 0.3 is 6.03 Å². The summed E-state index contributed by atoms with van der Waals surface area (Å²) in [7, 11) is 0. The topological polar surface area (TPSA) is 42.9 Å². The van der Waals surface area contributed by atoms with E-state index in [1.54, 1.807) is 6.20 Å². The van der Waals surface area contributed by atoms with Crippen molar-refractivity contribution in [3.8, 4) is 0 Å². The van der Waals surface area contributed by atoms with Crippen LogP contribution in [0.2, 0.25) is 10.0 Å². The van der Waals surface area contributed by atoms with Gasteiger partial charge in [-0.25, -0.2) is 9.78 Å². The van der Waals surface area contributed by atoms with Crippen LogP contribution in [-0.4, -0.2) is 73.2 Å². The van der Waals surface area contributed by atoms with Crippen molar-refractivity contribution in [2.45, 2.75) is 0 Å². The number of nitrogens with zero attached hydrogens (tertiary/aromatic N) is 5. The SMILES string of the molecule is O=C(N1CCN(c2ccccc2Cl)CC1)N1CCN(c2ncccc2Cl)CC1. The predicted molar refractivity (Wildman–Crippen MR) is 114 cm³/mol. The maximum absolute atomic E-state index is 12.9. The lowest BCUT2D eigenvalue weighted by molar-refractivity contribution is 0.147. The number of pyridine rings is 1. The number of hydrogen-bond acceptors (Lipinski definition) is 4. The highest BCUT2D eigenvalue weighted by Gasteiger charge is 2.29. The van der Waals surface area contributed by atoms with E-state index in [-0.39, 0.29) is 6.03 Å². The van der Waals surface area contributed by atoms with Crippen molar-refractivity contribution < 1.29 is 4.79 Å². The first-order valence-electron chi connectivity index (χ1n) is 9.52. The van der Waals surface area contributed by atoms with Crippen LogP contribution in [0.15, 0.2) is 42.6 Å². The summed E-state index contributed by atoms with van der Waals surface area (Å²) in [6.07, 6.45) is 1.75. The molecule has 2 saturated heterocycles. The Bertz CT molecular complexity index is 765. The number of carbonyl (C=O) groups excluding carboxylic acids is 1. The summed E-state index contributed by atoms with van der Waals surface area (Å²) in [6, 6.07) is 11.7. The van der Waals surface area contributed by atoms with Crippen LogP contribution >= 0.6 is 23.2 Å². The van der Waals surface area contributed by atoms with E-state index in [4.69, 9.17) is 23.2 Å². The van der Waals surface area contributed by atoms with Gasteiger partial charge in [0.15, 0.2) is 0 Å². The minimum Gasteiger partial charge on any atom is -0.367 e. The summed E-state index contributed by atoms with van der Waals surface area (Å²) in [5.74, 6) is 0.796. The van der Waals surface area contributed by atoms with Crippen molar-refractivity contribution in [1.82, 2.24) is 14.8 Å². The molecule has 0 saturated carbocycles. The number of rotatable bonds is 2. The van der Waals surface area contributed by atoms with Crippen LogP contribution in [0.5, 0.6) is 0 Å². The van der Waals surface area contributed by atoms with E-state index in [1.165, 1.54) is 0 Å². The summed E-state index contributed by atoms with van der Waals surface area (Å²) < 4.78 is 0. The quantitative estimate of drug-likeness (QED) is 0.747. The Labute approximate surface area is 175 Å². The molecule has 2 aliphatic rings. The van der Waals surface area contributed by atoms with Gasteiger partial charge in [-0.1, -0.05) is 35.3 Å². The molecular weight excluding hydrogens is 397 g/mol. The van der Waals surface area contributed by atoms with E-state index in [0.717, 1.165) is 42.7 Å². The molecule has 0 spiro atoms. The highest BCUT2D eigenvalue weighted by Crippen LogP contribution is 2.27.